The van der Waals surface area contributed by atoms with Gasteiger partial charge in [-0.1, -0.05) is 30.3 Å². The second-order valence-corrected chi connectivity index (χ2v) is 5.19. The third-order valence-corrected chi connectivity index (χ3v) is 3.52. The second-order valence-electron chi connectivity index (χ2n) is 5.19. The monoisotopic (exact) mass is 279 g/mol. The van der Waals surface area contributed by atoms with Crippen molar-refractivity contribution in [2.24, 2.45) is 0 Å². The molecule has 3 unspecified atom stereocenters. The van der Waals surface area contributed by atoms with Gasteiger partial charge in [-0.15, -0.1) is 0 Å². The van der Waals surface area contributed by atoms with E-state index in [0.717, 1.165) is 6.42 Å². The quantitative estimate of drug-likeness (QED) is 0.638. The van der Waals surface area contributed by atoms with Gasteiger partial charge in [0.15, 0.2) is 0 Å². The Hall–Kier alpha value is -0.940. The van der Waals surface area contributed by atoms with Gasteiger partial charge in [0, 0.05) is 25.1 Å². The smallest absolute Gasteiger partial charge is 0.0897 e. The lowest BCUT2D eigenvalue weighted by molar-refractivity contribution is 0.00638. The SMILES string of the molecule is CCOCCOCC(O)CNC1CC1c1ccccc1. The van der Waals surface area contributed by atoms with Gasteiger partial charge in [-0.05, 0) is 18.9 Å². The summed E-state index contributed by atoms with van der Waals surface area (Å²) >= 11 is 0. The van der Waals surface area contributed by atoms with Gasteiger partial charge in [0.2, 0.25) is 0 Å². The molecule has 3 atom stereocenters. The van der Waals surface area contributed by atoms with Crippen molar-refractivity contribution in [3.63, 3.8) is 0 Å². The van der Waals surface area contributed by atoms with Gasteiger partial charge in [0.05, 0.1) is 25.9 Å². The molecular weight excluding hydrogens is 254 g/mol. The van der Waals surface area contributed by atoms with Gasteiger partial charge in [-0.25, -0.2) is 0 Å². The lowest BCUT2D eigenvalue weighted by Crippen LogP contribution is -2.32. The summed E-state index contributed by atoms with van der Waals surface area (Å²) in [6.45, 7) is 4.75. The average Bonchev–Trinajstić information content (AvgIpc) is 3.25. The molecule has 1 aliphatic carbocycles. The van der Waals surface area contributed by atoms with Crippen molar-refractivity contribution in [1.29, 1.82) is 0 Å². The van der Waals surface area contributed by atoms with Gasteiger partial charge in [0.1, 0.15) is 0 Å². The number of hydrogen-bond acceptors (Lipinski definition) is 4. The molecule has 0 aromatic heterocycles. The van der Waals surface area contributed by atoms with Crippen molar-refractivity contribution in [3.8, 4) is 0 Å². The van der Waals surface area contributed by atoms with E-state index in [1.165, 1.54) is 5.56 Å². The Balaban J connectivity index is 1.53. The van der Waals surface area contributed by atoms with Crippen molar-refractivity contribution in [3.05, 3.63) is 35.9 Å². The molecule has 0 aliphatic heterocycles. The number of aliphatic hydroxyl groups excluding tert-OH is 1. The summed E-state index contributed by atoms with van der Waals surface area (Å²) in [5.41, 5.74) is 1.38. The van der Waals surface area contributed by atoms with Crippen LogP contribution >= 0.6 is 0 Å². The molecule has 1 aliphatic rings. The number of ether oxygens (including phenoxy) is 2. The summed E-state index contributed by atoms with van der Waals surface area (Å²) in [6, 6.07) is 11.0. The molecule has 4 heteroatoms. The predicted molar refractivity (Wildman–Crippen MR) is 78.9 cm³/mol. The van der Waals surface area contributed by atoms with E-state index >= 15 is 0 Å². The highest BCUT2D eigenvalue weighted by atomic mass is 16.5. The third-order valence-electron chi connectivity index (χ3n) is 3.52. The van der Waals surface area contributed by atoms with Crippen LogP contribution in [0.15, 0.2) is 30.3 Å². The van der Waals surface area contributed by atoms with Gasteiger partial charge in [-0.2, -0.15) is 0 Å². The van der Waals surface area contributed by atoms with E-state index in [9.17, 15) is 5.11 Å². The molecule has 0 radical (unpaired) electrons. The highest BCUT2D eigenvalue weighted by Gasteiger charge is 2.37. The summed E-state index contributed by atoms with van der Waals surface area (Å²) in [4.78, 5) is 0. The maximum absolute atomic E-state index is 9.81. The summed E-state index contributed by atoms with van der Waals surface area (Å²) in [6.07, 6.45) is 0.704. The van der Waals surface area contributed by atoms with Gasteiger partial charge >= 0.3 is 0 Å². The van der Waals surface area contributed by atoms with Crippen LogP contribution in [0.2, 0.25) is 0 Å². The van der Waals surface area contributed by atoms with Crippen LogP contribution in [0, 0.1) is 0 Å². The molecule has 0 bridgehead atoms. The first-order valence-electron chi connectivity index (χ1n) is 7.43. The Kier molecular flexibility index (Phi) is 6.47. The largest absolute Gasteiger partial charge is 0.389 e. The fourth-order valence-electron chi connectivity index (χ4n) is 2.32. The molecule has 0 saturated heterocycles. The van der Waals surface area contributed by atoms with E-state index < -0.39 is 6.10 Å². The normalized spacial score (nSPS) is 22.7. The molecule has 1 aromatic carbocycles. The van der Waals surface area contributed by atoms with Crippen LogP contribution in [-0.4, -0.2) is 50.2 Å². The van der Waals surface area contributed by atoms with Crippen LogP contribution in [0.5, 0.6) is 0 Å². The first-order chi connectivity index (χ1) is 9.81. The molecule has 0 heterocycles. The van der Waals surface area contributed by atoms with Crippen LogP contribution in [0.4, 0.5) is 0 Å². The number of rotatable bonds is 10. The second kappa shape index (κ2) is 8.37. The van der Waals surface area contributed by atoms with E-state index in [4.69, 9.17) is 9.47 Å². The molecule has 20 heavy (non-hydrogen) atoms. The van der Waals surface area contributed by atoms with Crippen LogP contribution in [-0.2, 0) is 9.47 Å². The summed E-state index contributed by atoms with van der Waals surface area (Å²) in [5, 5.41) is 13.2. The van der Waals surface area contributed by atoms with E-state index in [0.29, 0.717) is 44.9 Å². The number of benzene rings is 1. The lowest BCUT2D eigenvalue weighted by atomic mass is 10.1. The van der Waals surface area contributed by atoms with Crippen LogP contribution < -0.4 is 5.32 Å². The maximum atomic E-state index is 9.81. The van der Waals surface area contributed by atoms with Crippen LogP contribution in [0.3, 0.4) is 0 Å². The Morgan fingerprint density at radius 3 is 2.75 bits per heavy atom. The lowest BCUT2D eigenvalue weighted by Gasteiger charge is -2.12. The van der Waals surface area contributed by atoms with Crippen molar-refractivity contribution >= 4 is 0 Å². The minimum atomic E-state index is -0.450. The zero-order valence-electron chi connectivity index (χ0n) is 12.1. The third kappa shape index (κ3) is 5.21. The summed E-state index contributed by atoms with van der Waals surface area (Å²) in [7, 11) is 0. The van der Waals surface area contributed by atoms with Crippen molar-refractivity contribution < 1.29 is 14.6 Å². The van der Waals surface area contributed by atoms with Crippen LogP contribution in [0.25, 0.3) is 0 Å². The van der Waals surface area contributed by atoms with E-state index in [2.05, 4.69) is 29.6 Å². The molecule has 1 fully saturated rings. The number of nitrogens with one attached hydrogen (secondary N) is 1. The highest BCUT2D eigenvalue weighted by molar-refractivity contribution is 5.27. The Bertz CT molecular complexity index is 371. The Morgan fingerprint density at radius 1 is 1.25 bits per heavy atom. The highest BCUT2D eigenvalue weighted by Crippen LogP contribution is 2.40. The summed E-state index contributed by atoms with van der Waals surface area (Å²) in [5.74, 6) is 0.599. The van der Waals surface area contributed by atoms with Crippen LogP contribution in [0.1, 0.15) is 24.8 Å². The Labute approximate surface area is 121 Å². The summed E-state index contributed by atoms with van der Waals surface area (Å²) < 4.78 is 10.5. The average molecular weight is 279 g/mol. The molecule has 1 aromatic rings. The predicted octanol–water partition coefficient (Wildman–Crippen LogP) is 1.55. The molecule has 2 N–H and O–H groups in total. The maximum Gasteiger partial charge on any atom is 0.0897 e. The first kappa shape index (κ1) is 15.4. The zero-order valence-corrected chi connectivity index (χ0v) is 12.1. The molecule has 112 valence electrons. The number of hydrogen-bond donors (Lipinski definition) is 2. The first-order valence-corrected chi connectivity index (χ1v) is 7.43. The standard InChI is InChI=1S/C16H25NO3/c1-2-19-8-9-20-12-14(18)11-17-16-10-15(16)13-6-4-3-5-7-13/h3-7,14-18H,2,8-12H2,1H3. The minimum Gasteiger partial charge on any atom is -0.389 e. The van der Waals surface area contributed by atoms with E-state index in [1.807, 2.05) is 13.0 Å². The molecule has 0 spiro atoms. The fourth-order valence-corrected chi connectivity index (χ4v) is 2.32. The van der Waals surface area contributed by atoms with Gasteiger partial charge < -0.3 is 19.9 Å². The van der Waals surface area contributed by atoms with Crippen molar-refractivity contribution in [2.75, 3.05) is 33.0 Å². The molecular formula is C16H25NO3. The van der Waals surface area contributed by atoms with E-state index in [1.54, 1.807) is 0 Å². The minimum absolute atomic E-state index is 0.364. The zero-order chi connectivity index (χ0) is 14.2. The molecule has 0 amide bonds. The van der Waals surface area contributed by atoms with Gasteiger partial charge in [0.25, 0.3) is 0 Å². The number of aliphatic hydroxyl groups is 1. The Morgan fingerprint density at radius 2 is 2.00 bits per heavy atom. The molecule has 4 nitrogen and oxygen atoms in total. The fraction of sp³-hybridized carbons (Fsp3) is 0.625. The van der Waals surface area contributed by atoms with Gasteiger partial charge in [-0.3, -0.25) is 0 Å². The topological polar surface area (TPSA) is 50.7 Å². The molecule has 1 saturated carbocycles. The van der Waals surface area contributed by atoms with E-state index in [-0.39, 0.29) is 0 Å². The molecule has 2 rings (SSSR count). The van der Waals surface area contributed by atoms with Crippen molar-refractivity contribution in [2.45, 2.75) is 31.4 Å². The van der Waals surface area contributed by atoms with Crippen molar-refractivity contribution in [1.82, 2.24) is 5.32 Å².